The Morgan fingerprint density at radius 2 is 1.03 bits per heavy atom. The van der Waals surface area contributed by atoms with Crippen molar-refractivity contribution in [2.75, 3.05) is 0 Å². The van der Waals surface area contributed by atoms with Gasteiger partial charge in [0.25, 0.3) is 0 Å². The number of rotatable bonds is 4. The van der Waals surface area contributed by atoms with Crippen LogP contribution in [-0.4, -0.2) is 9.55 Å². The fourth-order valence-electron chi connectivity index (χ4n) is 4.45. The highest BCUT2D eigenvalue weighted by molar-refractivity contribution is 5.96. The van der Waals surface area contributed by atoms with Crippen LogP contribution in [0.1, 0.15) is 0 Å². The average Bonchev–Trinajstić information content (AvgIpc) is 3.30. The van der Waals surface area contributed by atoms with Crippen LogP contribution in [0.3, 0.4) is 0 Å². The maximum atomic E-state index is 5.20. The summed E-state index contributed by atoms with van der Waals surface area (Å²) in [5, 5.41) is 0. The molecule has 0 N–H and O–H groups in total. The van der Waals surface area contributed by atoms with Gasteiger partial charge in [-0.1, -0.05) is 109 Å². The number of para-hydroxylation sites is 2. The lowest BCUT2D eigenvalue weighted by molar-refractivity contribution is 1.10. The van der Waals surface area contributed by atoms with Crippen LogP contribution in [0.2, 0.25) is 0 Å². The topological polar surface area (TPSA) is 17.8 Å². The third-order valence-electron chi connectivity index (χ3n) is 6.01. The van der Waals surface area contributed by atoms with Gasteiger partial charge in [-0.3, -0.25) is 4.57 Å². The molecule has 2 nitrogen and oxygen atoms in total. The maximum Gasteiger partial charge on any atom is 0.145 e. The second kappa shape index (κ2) is 8.25. The first kappa shape index (κ1) is 19.3. The molecular formula is C31H22N2. The molecule has 156 valence electrons. The number of nitrogens with zero attached hydrogens (tertiary/aromatic N) is 2. The van der Waals surface area contributed by atoms with Gasteiger partial charge in [-0.2, -0.15) is 0 Å². The van der Waals surface area contributed by atoms with Crippen molar-refractivity contribution in [1.29, 1.82) is 0 Å². The summed E-state index contributed by atoms with van der Waals surface area (Å²) < 4.78 is 2.26. The Morgan fingerprint density at radius 1 is 0.455 bits per heavy atom. The number of fused-ring (bicyclic) bond motifs is 1. The molecule has 0 atom stereocenters. The van der Waals surface area contributed by atoms with Gasteiger partial charge in [-0.25, -0.2) is 4.98 Å². The van der Waals surface area contributed by atoms with Gasteiger partial charge >= 0.3 is 0 Å². The van der Waals surface area contributed by atoms with Crippen LogP contribution in [-0.2, 0) is 0 Å². The molecule has 0 aliphatic carbocycles. The van der Waals surface area contributed by atoms with Crippen LogP contribution in [0, 0.1) is 0 Å². The molecule has 0 unspecified atom stereocenters. The zero-order valence-electron chi connectivity index (χ0n) is 18.1. The number of benzene rings is 5. The summed E-state index contributed by atoms with van der Waals surface area (Å²) in [7, 11) is 0. The molecule has 33 heavy (non-hydrogen) atoms. The Hall–Kier alpha value is -4.43. The van der Waals surface area contributed by atoms with Crippen LogP contribution in [0.5, 0.6) is 0 Å². The van der Waals surface area contributed by atoms with E-state index in [4.69, 9.17) is 4.98 Å². The normalized spacial score (nSPS) is 11.0. The number of aromatic nitrogens is 2. The van der Waals surface area contributed by atoms with Crippen LogP contribution in [0.15, 0.2) is 133 Å². The lowest BCUT2D eigenvalue weighted by Gasteiger charge is -2.10. The molecule has 0 spiro atoms. The van der Waals surface area contributed by atoms with Crippen molar-refractivity contribution in [3.63, 3.8) is 0 Å². The van der Waals surface area contributed by atoms with Gasteiger partial charge in [-0.15, -0.1) is 0 Å². The van der Waals surface area contributed by atoms with E-state index in [9.17, 15) is 0 Å². The molecule has 1 aromatic heterocycles. The molecule has 2 heteroatoms. The summed E-state index contributed by atoms with van der Waals surface area (Å²) in [6.45, 7) is 0. The van der Waals surface area contributed by atoms with Crippen molar-refractivity contribution in [2.45, 2.75) is 0 Å². The van der Waals surface area contributed by atoms with E-state index in [2.05, 4.69) is 126 Å². The van der Waals surface area contributed by atoms with E-state index >= 15 is 0 Å². The highest BCUT2D eigenvalue weighted by Crippen LogP contribution is 2.35. The predicted molar refractivity (Wildman–Crippen MR) is 137 cm³/mol. The quantitative estimate of drug-likeness (QED) is 0.281. The Morgan fingerprint density at radius 3 is 1.76 bits per heavy atom. The summed E-state index contributed by atoms with van der Waals surface area (Å²) in [6, 6.07) is 46.6. The monoisotopic (exact) mass is 422 g/mol. The fourth-order valence-corrected chi connectivity index (χ4v) is 4.45. The molecule has 1 heterocycles. The van der Waals surface area contributed by atoms with Gasteiger partial charge in [0, 0.05) is 16.8 Å². The van der Waals surface area contributed by atoms with Crippen LogP contribution >= 0.6 is 0 Å². The van der Waals surface area contributed by atoms with Gasteiger partial charge in [-0.05, 0) is 41.0 Å². The van der Waals surface area contributed by atoms with Gasteiger partial charge in [0.15, 0.2) is 0 Å². The van der Waals surface area contributed by atoms with E-state index in [0.29, 0.717) is 0 Å². The second-order valence-corrected chi connectivity index (χ2v) is 8.09. The van der Waals surface area contributed by atoms with Crippen molar-refractivity contribution in [3.8, 4) is 39.3 Å². The maximum absolute atomic E-state index is 5.20. The standard InChI is InChI=1S/C31H22N2/c1-4-12-23(13-5-1)25-16-10-17-26(22-25)28-20-11-21-29-30(28)32-31(24-14-6-2-7-15-24)33(29)27-18-8-3-9-19-27/h1-22H. The van der Waals surface area contributed by atoms with Crippen molar-refractivity contribution in [1.82, 2.24) is 9.55 Å². The number of imidazole rings is 1. The molecule has 0 fully saturated rings. The Kier molecular flexibility index (Phi) is 4.82. The zero-order valence-corrected chi connectivity index (χ0v) is 18.1. The van der Waals surface area contributed by atoms with Gasteiger partial charge in [0.05, 0.1) is 11.0 Å². The van der Waals surface area contributed by atoms with E-state index in [1.165, 1.54) is 16.7 Å². The summed E-state index contributed by atoms with van der Waals surface area (Å²) >= 11 is 0. The molecule has 0 saturated carbocycles. The summed E-state index contributed by atoms with van der Waals surface area (Å²) in [5.74, 6) is 0.948. The van der Waals surface area contributed by atoms with Crippen LogP contribution < -0.4 is 0 Å². The second-order valence-electron chi connectivity index (χ2n) is 8.09. The van der Waals surface area contributed by atoms with Gasteiger partial charge in [0.1, 0.15) is 5.82 Å². The summed E-state index contributed by atoms with van der Waals surface area (Å²) in [5.41, 5.74) is 9.03. The summed E-state index contributed by atoms with van der Waals surface area (Å²) in [6.07, 6.45) is 0. The lowest BCUT2D eigenvalue weighted by atomic mass is 9.98. The van der Waals surface area contributed by atoms with E-state index in [-0.39, 0.29) is 0 Å². The average molecular weight is 423 g/mol. The largest absolute Gasteiger partial charge is 0.292 e. The highest BCUT2D eigenvalue weighted by Gasteiger charge is 2.17. The highest BCUT2D eigenvalue weighted by atomic mass is 15.1. The van der Waals surface area contributed by atoms with Crippen molar-refractivity contribution < 1.29 is 0 Å². The predicted octanol–water partition coefficient (Wildman–Crippen LogP) is 8.03. The minimum atomic E-state index is 0.948. The first-order chi connectivity index (χ1) is 16.4. The molecule has 5 aromatic carbocycles. The smallest absolute Gasteiger partial charge is 0.145 e. The molecule has 0 aliphatic heterocycles. The van der Waals surface area contributed by atoms with Gasteiger partial charge in [0.2, 0.25) is 0 Å². The Balaban J connectivity index is 1.60. The summed E-state index contributed by atoms with van der Waals surface area (Å²) in [4.78, 5) is 5.20. The SMILES string of the molecule is c1ccc(-c2cccc(-c3cccc4c3nc(-c3ccccc3)n4-c3ccccc3)c2)cc1. The molecule has 0 radical (unpaired) electrons. The number of hydrogen-bond donors (Lipinski definition) is 0. The first-order valence-electron chi connectivity index (χ1n) is 11.2. The molecule has 6 rings (SSSR count). The van der Waals surface area contributed by atoms with Crippen LogP contribution in [0.4, 0.5) is 0 Å². The molecule has 0 bridgehead atoms. The molecular weight excluding hydrogens is 400 g/mol. The first-order valence-corrected chi connectivity index (χ1v) is 11.2. The van der Waals surface area contributed by atoms with Crippen molar-refractivity contribution in [2.24, 2.45) is 0 Å². The van der Waals surface area contributed by atoms with Gasteiger partial charge < -0.3 is 0 Å². The van der Waals surface area contributed by atoms with Crippen molar-refractivity contribution in [3.05, 3.63) is 133 Å². The number of hydrogen-bond acceptors (Lipinski definition) is 1. The van der Waals surface area contributed by atoms with E-state index in [1.54, 1.807) is 0 Å². The Bertz CT molecular complexity index is 1530. The lowest BCUT2D eigenvalue weighted by Crippen LogP contribution is -1.97. The minimum Gasteiger partial charge on any atom is -0.292 e. The van der Waals surface area contributed by atoms with E-state index in [1.807, 2.05) is 12.1 Å². The fraction of sp³-hybridized carbons (Fsp3) is 0. The zero-order chi connectivity index (χ0) is 22.0. The van der Waals surface area contributed by atoms with Crippen molar-refractivity contribution >= 4 is 11.0 Å². The van der Waals surface area contributed by atoms with E-state index < -0.39 is 0 Å². The molecule has 0 aliphatic rings. The molecule has 0 amide bonds. The van der Waals surface area contributed by atoms with Crippen LogP contribution in [0.25, 0.3) is 50.4 Å². The molecule has 6 aromatic rings. The third-order valence-corrected chi connectivity index (χ3v) is 6.01. The molecule has 0 saturated heterocycles. The minimum absolute atomic E-state index is 0.948. The Labute approximate surface area is 193 Å². The van der Waals surface area contributed by atoms with E-state index in [0.717, 1.165) is 33.7 Å². The third kappa shape index (κ3) is 3.52.